The lowest BCUT2D eigenvalue weighted by Gasteiger charge is -2.13. The van der Waals surface area contributed by atoms with Crippen molar-refractivity contribution in [2.45, 2.75) is 17.1 Å². The van der Waals surface area contributed by atoms with Gasteiger partial charge in [-0.2, -0.15) is 0 Å². The minimum Gasteiger partial charge on any atom is -0.497 e. The summed E-state index contributed by atoms with van der Waals surface area (Å²) in [5.41, 5.74) is 2.32. The molecule has 222 valence electrons. The molecule has 0 bridgehead atoms. The molecule has 8 nitrogen and oxygen atoms in total. The van der Waals surface area contributed by atoms with E-state index in [9.17, 15) is 14.4 Å². The van der Waals surface area contributed by atoms with Crippen LogP contribution in [0.3, 0.4) is 0 Å². The van der Waals surface area contributed by atoms with Crippen LogP contribution in [0.25, 0.3) is 16.3 Å². The van der Waals surface area contributed by atoms with E-state index in [1.807, 2.05) is 37.3 Å². The number of rotatable bonds is 10. The first-order chi connectivity index (χ1) is 21.3. The van der Waals surface area contributed by atoms with Crippen LogP contribution in [0.5, 0.6) is 5.75 Å². The highest BCUT2D eigenvalue weighted by Gasteiger charge is 2.18. The normalized spacial score (nSPS) is 11.9. The molecule has 4 aromatic carbocycles. The van der Waals surface area contributed by atoms with Gasteiger partial charge in [-0.05, 0) is 79.2 Å². The zero-order valence-corrected chi connectivity index (χ0v) is 26.1. The van der Waals surface area contributed by atoms with Gasteiger partial charge < -0.3 is 20.7 Å². The van der Waals surface area contributed by atoms with Crippen molar-refractivity contribution in [2.75, 3.05) is 17.7 Å². The number of nitrogens with zero attached hydrogens (tertiary/aromatic N) is 1. The lowest BCUT2D eigenvalue weighted by atomic mass is 10.1. The molecular formula is C33H27ClN4O4S2. The van der Waals surface area contributed by atoms with Gasteiger partial charge in [0.1, 0.15) is 11.4 Å². The number of thioether (sulfide) groups is 1. The smallest absolute Gasteiger partial charge is 0.272 e. The summed E-state index contributed by atoms with van der Waals surface area (Å²) in [4.78, 5) is 44.4. The lowest BCUT2D eigenvalue weighted by molar-refractivity contribution is -0.115. The van der Waals surface area contributed by atoms with E-state index in [4.69, 9.17) is 16.3 Å². The number of hydrogen-bond acceptors (Lipinski definition) is 7. The third-order valence-corrected chi connectivity index (χ3v) is 8.74. The number of carbonyl (C=O) groups excluding carboxylic acids is 3. The zero-order valence-electron chi connectivity index (χ0n) is 23.7. The highest BCUT2D eigenvalue weighted by Crippen LogP contribution is 2.31. The van der Waals surface area contributed by atoms with E-state index in [1.165, 1.54) is 29.2 Å². The largest absolute Gasteiger partial charge is 0.497 e. The Morgan fingerprint density at radius 2 is 1.66 bits per heavy atom. The molecule has 5 rings (SSSR count). The van der Waals surface area contributed by atoms with Crippen molar-refractivity contribution in [3.8, 4) is 5.75 Å². The van der Waals surface area contributed by atoms with E-state index in [-0.39, 0.29) is 11.6 Å². The average Bonchev–Trinajstić information content (AvgIpc) is 3.44. The number of benzene rings is 4. The predicted molar refractivity (Wildman–Crippen MR) is 179 cm³/mol. The second-order valence-electron chi connectivity index (χ2n) is 9.48. The number of aromatic nitrogens is 1. The first-order valence-corrected chi connectivity index (χ1v) is 15.5. The summed E-state index contributed by atoms with van der Waals surface area (Å²) in [5.74, 6) is -0.395. The van der Waals surface area contributed by atoms with Gasteiger partial charge in [0.05, 0.1) is 22.6 Å². The highest BCUT2D eigenvalue weighted by molar-refractivity contribution is 8.00. The predicted octanol–water partition coefficient (Wildman–Crippen LogP) is 7.49. The summed E-state index contributed by atoms with van der Waals surface area (Å²) in [6.45, 7) is 1.81. The van der Waals surface area contributed by atoms with E-state index in [2.05, 4.69) is 20.9 Å². The molecule has 0 aliphatic carbocycles. The lowest BCUT2D eigenvalue weighted by Crippen LogP contribution is -2.30. The van der Waals surface area contributed by atoms with E-state index in [1.54, 1.807) is 73.8 Å². The summed E-state index contributed by atoms with van der Waals surface area (Å²) in [6, 6.07) is 28.3. The van der Waals surface area contributed by atoms with E-state index < -0.39 is 17.1 Å². The average molecular weight is 643 g/mol. The molecule has 0 saturated heterocycles. The molecule has 0 fully saturated rings. The maximum Gasteiger partial charge on any atom is 0.272 e. The van der Waals surface area contributed by atoms with Crippen LogP contribution in [0, 0.1) is 0 Å². The Bertz CT molecular complexity index is 1840. The molecule has 1 heterocycles. The maximum absolute atomic E-state index is 13.3. The first-order valence-electron chi connectivity index (χ1n) is 13.4. The van der Waals surface area contributed by atoms with Crippen molar-refractivity contribution in [3.63, 3.8) is 0 Å². The fourth-order valence-corrected chi connectivity index (χ4v) is 6.01. The molecule has 44 heavy (non-hydrogen) atoms. The molecular weight excluding hydrogens is 616 g/mol. The van der Waals surface area contributed by atoms with Crippen molar-refractivity contribution in [1.29, 1.82) is 0 Å². The second-order valence-corrected chi connectivity index (χ2v) is 12.3. The van der Waals surface area contributed by atoms with Gasteiger partial charge in [-0.15, -0.1) is 11.8 Å². The summed E-state index contributed by atoms with van der Waals surface area (Å²) in [6.07, 6.45) is 1.53. The van der Waals surface area contributed by atoms with Crippen molar-refractivity contribution in [3.05, 3.63) is 119 Å². The van der Waals surface area contributed by atoms with Gasteiger partial charge in [-0.3, -0.25) is 14.4 Å². The van der Waals surface area contributed by atoms with Gasteiger partial charge >= 0.3 is 0 Å². The van der Waals surface area contributed by atoms with Gasteiger partial charge in [0.25, 0.3) is 11.8 Å². The van der Waals surface area contributed by atoms with Crippen molar-refractivity contribution < 1.29 is 19.1 Å². The third kappa shape index (κ3) is 7.84. The summed E-state index contributed by atoms with van der Waals surface area (Å²) in [7, 11) is 1.60. The molecule has 1 unspecified atom stereocenters. The number of methoxy groups -OCH3 is 1. The topological polar surface area (TPSA) is 109 Å². The first kappa shape index (κ1) is 30.8. The standard InChI is InChI=1S/C33H27ClN4O4S2/c1-20(30(39)38-33-37-27-17-14-24(42-2)19-29(27)44-33)43-25-15-12-23(13-16-25)35-32(41)28(18-22-10-6-7-11-26(22)34)36-31(40)21-8-4-3-5-9-21/h3-20H,1-2H3,(H,35,41)(H,36,40)(H,37,38,39)/b28-18-. The molecule has 11 heteroatoms. The Hall–Kier alpha value is -4.64. The molecule has 3 amide bonds. The van der Waals surface area contributed by atoms with Crippen LogP contribution in [-0.4, -0.2) is 35.1 Å². The Morgan fingerprint density at radius 3 is 2.39 bits per heavy atom. The van der Waals surface area contributed by atoms with Gasteiger partial charge in [0.15, 0.2) is 5.13 Å². The number of carbonyl (C=O) groups is 3. The Morgan fingerprint density at radius 1 is 0.932 bits per heavy atom. The number of fused-ring (bicyclic) bond motifs is 1. The van der Waals surface area contributed by atoms with Crippen molar-refractivity contribution >= 4 is 79.5 Å². The molecule has 0 spiro atoms. The molecule has 0 aliphatic rings. The van der Waals surface area contributed by atoms with Gasteiger partial charge in [0.2, 0.25) is 5.91 Å². The fourth-order valence-electron chi connectivity index (χ4n) is 4.06. The van der Waals surface area contributed by atoms with Crippen LogP contribution < -0.4 is 20.7 Å². The van der Waals surface area contributed by atoms with E-state index in [0.717, 1.165) is 20.9 Å². The van der Waals surface area contributed by atoms with Gasteiger partial charge in [-0.1, -0.05) is 59.3 Å². The van der Waals surface area contributed by atoms with Crippen molar-refractivity contribution in [1.82, 2.24) is 10.3 Å². The highest BCUT2D eigenvalue weighted by atomic mass is 35.5. The van der Waals surface area contributed by atoms with Gasteiger partial charge in [-0.25, -0.2) is 4.98 Å². The monoisotopic (exact) mass is 642 g/mol. The van der Waals surface area contributed by atoms with Crippen molar-refractivity contribution in [2.24, 2.45) is 0 Å². The van der Waals surface area contributed by atoms with Crippen LogP contribution in [0.2, 0.25) is 5.02 Å². The van der Waals surface area contributed by atoms with E-state index in [0.29, 0.717) is 27.0 Å². The SMILES string of the molecule is COc1ccc2nc(NC(=O)C(C)Sc3ccc(NC(=O)/C(=C/c4ccccc4Cl)NC(=O)c4ccccc4)cc3)sc2c1. The van der Waals surface area contributed by atoms with E-state index >= 15 is 0 Å². The van der Waals surface area contributed by atoms with Gasteiger partial charge in [0, 0.05) is 21.2 Å². The molecule has 5 aromatic rings. The molecule has 1 aromatic heterocycles. The minimum atomic E-state index is -0.518. The van der Waals surface area contributed by atoms with Crippen LogP contribution in [0.15, 0.2) is 108 Å². The maximum atomic E-state index is 13.3. The number of amides is 3. The van der Waals surface area contributed by atoms with Crippen LogP contribution in [0.4, 0.5) is 10.8 Å². The Kier molecular flexibility index (Phi) is 9.96. The summed E-state index contributed by atoms with van der Waals surface area (Å²) < 4.78 is 6.18. The summed E-state index contributed by atoms with van der Waals surface area (Å²) in [5, 5.41) is 8.97. The zero-order chi connectivity index (χ0) is 31.1. The number of ether oxygens (including phenoxy) is 1. The number of thiazole rings is 1. The minimum absolute atomic E-state index is 0.0315. The fraction of sp³-hybridized carbons (Fsp3) is 0.0909. The second kappa shape index (κ2) is 14.2. The number of nitrogens with one attached hydrogen (secondary N) is 3. The Balaban J connectivity index is 1.23. The van der Waals surface area contributed by atoms with Crippen LogP contribution >= 0.6 is 34.7 Å². The Labute approximate surface area is 267 Å². The number of halogens is 1. The molecule has 0 saturated carbocycles. The molecule has 3 N–H and O–H groups in total. The molecule has 0 aliphatic heterocycles. The number of hydrogen-bond donors (Lipinski definition) is 3. The summed E-state index contributed by atoms with van der Waals surface area (Å²) >= 11 is 9.07. The third-order valence-electron chi connectivity index (χ3n) is 6.35. The quantitative estimate of drug-likeness (QED) is 0.108. The molecule has 0 radical (unpaired) electrons. The van der Waals surface area contributed by atoms with Crippen LogP contribution in [-0.2, 0) is 9.59 Å². The molecule has 1 atom stereocenters. The van der Waals surface area contributed by atoms with Crippen LogP contribution in [0.1, 0.15) is 22.8 Å². The number of anilines is 2.